The molecule has 2 rings (SSSR count). The van der Waals surface area contributed by atoms with Gasteiger partial charge in [-0.25, -0.2) is 4.79 Å². The lowest BCUT2D eigenvalue weighted by Crippen LogP contribution is -2.35. The van der Waals surface area contributed by atoms with Gasteiger partial charge in [0.05, 0.1) is 18.0 Å². The summed E-state index contributed by atoms with van der Waals surface area (Å²) in [7, 11) is 0. The van der Waals surface area contributed by atoms with Crippen molar-refractivity contribution < 1.29 is 9.53 Å². The standard InChI is InChI=1S/C17H30N4O2/c1-4-10-23-16-6-5-8-20(9-7-16)17(22)19-15-11-18-21(13-15)12-14(2)3/h11,13-14,16H,4-10,12H2,1-3H3,(H,19,22)/t16-/m0/s1. The van der Waals surface area contributed by atoms with Crippen LogP contribution in [0.25, 0.3) is 0 Å². The van der Waals surface area contributed by atoms with E-state index >= 15 is 0 Å². The van der Waals surface area contributed by atoms with Crippen LogP contribution in [-0.2, 0) is 11.3 Å². The normalized spacial score (nSPS) is 19.0. The third-order valence-corrected chi connectivity index (χ3v) is 3.96. The average molecular weight is 322 g/mol. The molecule has 2 amide bonds. The molecule has 130 valence electrons. The summed E-state index contributed by atoms with van der Waals surface area (Å²) < 4.78 is 7.70. The summed E-state index contributed by atoms with van der Waals surface area (Å²) in [4.78, 5) is 14.3. The van der Waals surface area contributed by atoms with Gasteiger partial charge in [0.25, 0.3) is 0 Å². The van der Waals surface area contributed by atoms with Crippen LogP contribution in [0.5, 0.6) is 0 Å². The minimum Gasteiger partial charge on any atom is -0.378 e. The predicted molar refractivity (Wildman–Crippen MR) is 91.5 cm³/mol. The van der Waals surface area contributed by atoms with Crippen LogP contribution in [0.2, 0.25) is 0 Å². The second kappa shape index (κ2) is 8.91. The van der Waals surface area contributed by atoms with E-state index in [9.17, 15) is 4.79 Å². The lowest BCUT2D eigenvalue weighted by molar-refractivity contribution is 0.0446. The Labute approximate surface area is 139 Å². The molecule has 1 saturated heterocycles. The number of carbonyl (C=O) groups is 1. The molecule has 0 aromatic carbocycles. The summed E-state index contributed by atoms with van der Waals surface area (Å²) in [6, 6.07) is -0.0368. The second-order valence-corrected chi connectivity index (χ2v) is 6.69. The maximum Gasteiger partial charge on any atom is 0.321 e. The van der Waals surface area contributed by atoms with Crippen LogP contribution < -0.4 is 5.32 Å². The summed E-state index contributed by atoms with van der Waals surface area (Å²) in [6.45, 7) is 9.62. The number of urea groups is 1. The van der Waals surface area contributed by atoms with E-state index in [2.05, 4.69) is 31.2 Å². The van der Waals surface area contributed by atoms with Crippen LogP contribution in [0, 0.1) is 5.92 Å². The number of hydrogen-bond acceptors (Lipinski definition) is 3. The molecule has 0 saturated carbocycles. The molecule has 1 aliphatic rings. The SMILES string of the molecule is CCCO[C@H]1CCCN(C(=O)Nc2cnn(CC(C)C)c2)CC1. The number of anilines is 1. The molecule has 0 unspecified atom stereocenters. The number of hydrogen-bond donors (Lipinski definition) is 1. The van der Waals surface area contributed by atoms with Crippen molar-refractivity contribution in [1.29, 1.82) is 0 Å². The molecule has 2 heterocycles. The van der Waals surface area contributed by atoms with E-state index in [4.69, 9.17) is 4.74 Å². The number of nitrogens with zero attached hydrogens (tertiary/aromatic N) is 3. The van der Waals surface area contributed by atoms with Crippen LogP contribution in [-0.4, -0.2) is 46.5 Å². The highest BCUT2D eigenvalue weighted by molar-refractivity contribution is 5.89. The van der Waals surface area contributed by atoms with Gasteiger partial charge in [0.15, 0.2) is 0 Å². The first kappa shape index (κ1) is 17.8. The first-order valence-electron chi connectivity index (χ1n) is 8.78. The van der Waals surface area contributed by atoms with Crippen molar-refractivity contribution in [3.8, 4) is 0 Å². The van der Waals surface area contributed by atoms with Crippen LogP contribution in [0.15, 0.2) is 12.4 Å². The van der Waals surface area contributed by atoms with Crippen molar-refractivity contribution in [2.75, 3.05) is 25.0 Å². The van der Waals surface area contributed by atoms with Crippen LogP contribution in [0.4, 0.5) is 10.5 Å². The molecule has 0 aliphatic carbocycles. The molecule has 6 nitrogen and oxygen atoms in total. The van der Waals surface area contributed by atoms with Gasteiger partial charge in [-0.15, -0.1) is 0 Å². The Hall–Kier alpha value is -1.56. The summed E-state index contributed by atoms with van der Waals surface area (Å²) in [6.07, 6.45) is 7.89. The summed E-state index contributed by atoms with van der Waals surface area (Å²) >= 11 is 0. The molecular formula is C17H30N4O2. The van der Waals surface area contributed by atoms with Gasteiger partial charge < -0.3 is 15.0 Å². The topological polar surface area (TPSA) is 59.4 Å². The maximum absolute atomic E-state index is 12.4. The van der Waals surface area contributed by atoms with E-state index in [-0.39, 0.29) is 6.03 Å². The molecule has 23 heavy (non-hydrogen) atoms. The maximum atomic E-state index is 12.4. The van der Waals surface area contributed by atoms with Gasteiger partial charge in [0.1, 0.15) is 0 Å². The van der Waals surface area contributed by atoms with Gasteiger partial charge in [0, 0.05) is 32.4 Å². The molecule has 1 N–H and O–H groups in total. The number of carbonyl (C=O) groups excluding carboxylic acids is 1. The molecule has 0 bridgehead atoms. The number of amides is 2. The quantitative estimate of drug-likeness (QED) is 0.873. The van der Waals surface area contributed by atoms with Crippen molar-refractivity contribution in [2.24, 2.45) is 5.92 Å². The number of aromatic nitrogens is 2. The Morgan fingerprint density at radius 3 is 3.00 bits per heavy atom. The van der Waals surface area contributed by atoms with E-state index in [0.717, 1.165) is 57.6 Å². The molecule has 0 spiro atoms. The van der Waals surface area contributed by atoms with Gasteiger partial charge in [-0.2, -0.15) is 5.10 Å². The zero-order valence-corrected chi connectivity index (χ0v) is 14.6. The minimum atomic E-state index is -0.0368. The van der Waals surface area contributed by atoms with Gasteiger partial charge in [-0.05, 0) is 31.6 Å². The van der Waals surface area contributed by atoms with Gasteiger partial charge in [-0.1, -0.05) is 20.8 Å². The summed E-state index contributed by atoms with van der Waals surface area (Å²) in [5, 5.41) is 7.24. The number of likely N-dealkylation sites (tertiary alicyclic amines) is 1. The molecular weight excluding hydrogens is 292 g/mol. The predicted octanol–water partition coefficient (Wildman–Crippen LogP) is 3.35. The van der Waals surface area contributed by atoms with Gasteiger partial charge in [-0.3, -0.25) is 4.68 Å². The third-order valence-electron chi connectivity index (χ3n) is 3.96. The molecule has 1 aliphatic heterocycles. The number of rotatable bonds is 6. The Kier molecular flexibility index (Phi) is 6.89. The summed E-state index contributed by atoms with van der Waals surface area (Å²) in [5.74, 6) is 0.532. The van der Waals surface area contributed by atoms with Crippen LogP contribution in [0.1, 0.15) is 46.5 Å². The van der Waals surface area contributed by atoms with Gasteiger partial charge >= 0.3 is 6.03 Å². The van der Waals surface area contributed by atoms with Crippen molar-refractivity contribution in [3.05, 3.63) is 12.4 Å². The van der Waals surface area contributed by atoms with E-state index in [1.54, 1.807) is 6.20 Å². The smallest absolute Gasteiger partial charge is 0.321 e. The highest BCUT2D eigenvalue weighted by Crippen LogP contribution is 2.16. The summed E-state index contributed by atoms with van der Waals surface area (Å²) in [5.41, 5.74) is 0.763. The highest BCUT2D eigenvalue weighted by Gasteiger charge is 2.21. The minimum absolute atomic E-state index is 0.0368. The first-order chi connectivity index (χ1) is 11.1. The Bertz CT molecular complexity index is 487. The second-order valence-electron chi connectivity index (χ2n) is 6.69. The Morgan fingerprint density at radius 2 is 2.26 bits per heavy atom. The molecule has 6 heteroatoms. The van der Waals surface area contributed by atoms with Crippen LogP contribution in [0.3, 0.4) is 0 Å². The van der Waals surface area contributed by atoms with Crippen molar-refractivity contribution in [1.82, 2.24) is 14.7 Å². The first-order valence-corrected chi connectivity index (χ1v) is 8.78. The average Bonchev–Trinajstić information content (AvgIpc) is 2.80. The third kappa shape index (κ3) is 5.86. The van der Waals surface area contributed by atoms with E-state index < -0.39 is 0 Å². The zero-order chi connectivity index (χ0) is 16.7. The Morgan fingerprint density at radius 1 is 1.43 bits per heavy atom. The molecule has 1 aromatic heterocycles. The van der Waals surface area contributed by atoms with Crippen molar-refractivity contribution in [2.45, 2.75) is 59.1 Å². The Balaban J connectivity index is 1.82. The fourth-order valence-corrected chi connectivity index (χ4v) is 2.82. The lowest BCUT2D eigenvalue weighted by atomic mass is 10.2. The van der Waals surface area contributed by atoms with Crippen LogP contribution >= 0.6 is 0 Å². The van der Waals surface area contributed by atoms with E-state index in [1.165, 1.54) is 0 Å². The number of nitrogens with one attached hydrogen (secondary N) is 1. The fourth-order valence-electron chi connectivity index (χ4n) is 2.82. The molecule has 0 radical (unpaired) electrons. The van der Waals surface area contributed by atoms with E-state index in [1.807, 2.05) is 15.8 Å². The van der Waals surface area contributed by atoms with E-state index in [0.29, 0.717) is 12.0 Å². The molecule has 1 fully saturated rings. The van der Waals surface area contributed by atoms with Crippen molar-refractivity contribution in [3.63, 3.8) is 0 Å². The molecule has 1 aromatic rings. The zero-order valence-electron chi connectivity index (χ0n) is 14.6. The highest BCUT2D eigenvalue weighted by atomic mass is 16.5. The lowest BCUT2D eigenvalue weighted by Gasteiger charge is -2.20. The monoisotopic (exact) mass is 322 g/mol. The molecule has 1 atom stereocenters. The van der Waals surface area contributed by atoms with Gasteiger partial charge in [0.2, 0.25) is 0 Å². The van der Waals surface area contributed by atoms with Crippen molar-refractivity contribution >= 4 is 11.7 Å². The fraction of sp³-hybridized carbons (Fsp3) is 0.765. The number of ether oxygens (including phenoxy) is 1. The largest absolute Gasteiger partial charge is 0.378 e.